The molecular weight excluding hydrogens is 244 g/mol. The molecule has 2 aromatic carbocycles. The Balaban J connectivity index is 2.28. The Morgan fingerprint density at radius 1 is 1.10 bits per heavy atom. The molecule has 0 radical (unpaired) electrons. The molecule has 0 amide bonds. The Morgan fingerprint density at radius 3 is 2.60 bits per heavy atom. The first-order chi connectivity index (χ1) is 9.61. The molecule has 1 atom stereocenters. The molecule has 0 saturated heterocycles. The molecule has 20 heavy (non-hydrogen) atoms. The van der Waals surface area contributed by atoms with Crippen molar-refractivity contribution in [1.82, 2.24) is 9.55 Å². The topological polar surface area (TPSA) is 17.8 Å². The molecule has 0 saturated carbocycles. The molecular formula is C18H22N2. The second kappa shape index (κ2) is 4.93. The van der Waals surface area contributed by atoms with Gasteiger partial charge in [0.25, 0.3) is 0 Å². The highest BCUT2D eigenvalue weighted by molar-refractivity contribution is 6.04. The zero-order valence-electron chi connectivity index (χ0n) is 12.7. The summed E-state index contributed by atoms with van der Waals surface area (Å²) in [5, 5.41) is 2.62. The van der Waals surface area contributed by atoms with Gasteiger partial charge in [-0.05, 0) is 43.2 Å². The lowest BCUT2D eigenvalue weighted by Gasteiger charge is -2.13. The number of rotatable bonds is 3. The van der Waals surface area contributed by atoms with Gasteiger partial charge in [0.15, 0.2) is 0 Å². The first-order valence-corrected chi connectivity index (χ1v) is 7.51. The summed E-state index contributed by atoms with van der Waals surface area (Å²) in [6.45, 7) is 8.94. The van der Waals surface area contributed by atoms with Gasteiger partial charge in [0.05, 0.1) is 17.4 Å². The molecule has 2 heteroatoms. The lowest BCUT2D eigenvalue weighted by atomic mass is 9.95. The first kappa shape index (κ1) is 13.2. The number of nitrogens with zero attached hydrogens (tertiary/aromatic N) is 2. The van der Waals surface area contributed by atoms with Gasteiger partial charge in [-0.3, -0.25) is 0 Å². The zero-order chi connectivity index (χ0) is 14.3. The summed E-state index contributed by atoms with van der Waals surface area (Å²) in [6, 6.07) is 11.6. The average molecular weight is 266 g/mol. The number of hydrogen-bond donors (Lipinski definition) is 0. The summed E-state index contributed by atoms with van der Waals surface area (Å²) in [4.78, 5) is 4.53. The zero-order valence-corrected chi connectivity index (χ0v) is 12.7. The fourth-order valence-electron chi connectivity index (χ4n) is 2.81. The molecule has 3 rings (SSSR count). The molecule has 0 bridgehead atoms. The second-order valence-corrected chi connectivity index (χ2v) is 5.97. The highest BCUT2D eigenvalue weighted by Crippen LogP contribution is 2.30. The molecule has 3 aromatic rings. The van der Waals surface area contributed by atoms with Crippen LogP contribution < -0.4 is 0 Å². The van der Waals surface area contributed by atoms with Crippen LogP contribution in [0.2, 0.25) is 0 Å². The quantitative estimate of drug-likeness (QED) is 0.630. The smallest absolute Gasteiger partial charge is 0.0960 e. The van der Waals surface area contributed by atoms with Gasteiger partial charge in [0, 0.05) is 11.4 Å². The largest absolute Gasteiger partial charge is 0.328 e. The molecule has 0 fully saturated rings. The van der Waals surface area contributed by atoms with Gasteiger partial charge in [-0.25, -0.2) is 4.98 Å². The van der Waals surface area contributed by atoms with E-state index < -0.39 is 0 Å². The summed E-state index contributed by atoms with van der Waals surface area (Å²) >= 11 is 0. The molecule has 0 aliphatic rings. The summed E-state index contributed by atoms with van der Waals surface area (Å²) in [7, 11) is 0. The molecule has 1 heterocycles. The number of aromatic nitrogens is 2. The van der Waals surface area contributed by atoms with Crippen molar-refractivity contribution in [3.8, 4) is 0 Å². The molecule has 0 aliphatic carbocycles. The fraction of sp³-hybridized carbons (Fsp3) is 0.389. The molecule has 104 valence electrons. The van der Waals surface area contributed by atoms with Crippen LogP contribution in [0.15, 0.2) is 36.7 Å². The molecule has 0 aliphatic heterocycles. The highest BCUT2D eigenvalue weighted by atomic mass is 15.1. The molecule has 0 N–H and O–H groups in total. The van der Waals surface area contributed by atoms with Gasteiger partial charge in [0.1, 0.15) is 0 Å². The van der Waals surface area contributed by atoms with Crippen LogP contribution in [-0.4, -0.2) is 9.55 Å². The molecule has 2 nitrogen and oxygen atoms in total. The van der Waals surface area contributed by atoms with Crippen LogP contribution in [-0.2, 0) is 0 Å². The van der Waals surface area contributed by atoms with Gasteiger partial charge in [-0.2, -0.15) is 0 Å². The maximum Gasteiger partial charge on any atom is 0.0960 e. The second-order valence-electron chi connectivity index (χ2n) is 5.97. The minimum Gasteiger partial charge on any atom is -0.328 e. The SMILES string of the molecule is CCC(C)c1ccc2c(ccc3ncn(C(C)C)c32)c1. The van der Waals surface area contributed by atoms with E-state index in [1.54, 1.807) is 0 Å². The van der Waals surface area contributed by atoms with E-state index in [1.807, 2.05) is 6.33 Å². The van der Waals surface area contributed by atoms with Crippen LogP contribution in [0.5, 0.6) is 0 Å². The van der Waals surface area contributed by atoms with Crippen LogP contribution in [0.4, 0.5) is 0 Å². The Kier molecular flexibility index (Phi) is 3.25. The first-order valence-electron chi connectivity index (χ1n) is 7.51. The molecule has 1 unspecified atom stereocenters. The summed E-state index contributed by atoms with van der Waals surface area (Å²) in [5.74, 6) is 0.616. The van der Waals surface area contributed by atoms with Gasteiger partial charge >= 0.3 is 0 Å². The monoisotopic (exact) mass is 266 g/mol. The highest BCUT2D eigenvalue weighted by Gasteiger charge is 2.11. The maximum atomic E-state index is 4.53. The summed E-state index contributed by atoms with van der Waals surface area (Å²) in [5.41, 5.74) is 3.77. The Labute approximate surface area is 120 Å². The normalized spacial score (nSPS) is 13.4. The van der Waals surface area contributed by atoms with E-state index in [0.717, 1.165) is 5.52 Å². The Bertz CT molecular complexity index is 753. The van der Waals surface area contributed by atoms with Crippen LogP contribution in [0, 0.1) is 0 Å². The number of hydrogen-bond acceptors (Lipinski definition) is 1. The standard InChI is InChI=1S/C18H22N2/c1-5-13(4)14-6-8-16-15(10-14)7-9-17-18(16)20(11-19-17)12(2)3/h6-13H,5H2,1-4H3. The van der Waals surface area contributed by atoms with Crippen molar-refractivity contribution in [3.05, 3.63) is 42.2 Å². The van der Waals surface area contributed by atoms with E-state index in [0.29, 0.717) is 12.0 Å². The minimum atomic E-state index is 0.430. The van der Waals surface area contributed by atoms with Gasteiger partial charge in [-0.15, -0.1) is 0 Å². The van der Waals surface area contributed by atoms with E-state index in [4.69, 9.17) is 0 Å². The lowest BCUT2D eigenvalue weighted by Crippen LogP contribution is -1.99. The van der Waals surface area contributed by atoms with Crippen molar-refractivity contribution in [1.29, 1.82) is 0 Å². The van der Waals surface area contributed by atoms with E-state index in [9.17, 15) is 0 Å². The molecule has 0 spiro atoms. The van der Waals surface area contributed by atoms with Gasteiger partial charge in [-0.1, -0.05) is 38.1 Å². The predicted molar refractivity (Wildman–Crippen MR) is 86.3 cm³/mol. The average Bonchev–Trinajstić information content (AvgIpc) is 2.90. The van der Waals surface area contributed by atoms with Crippen LogP contribution in [0.1, 0.15) is 51.6 Å². The fourth-order valence-corrected chi connectivity index (χ4v) is 2.81. The summed E-state index contributed by atoms with van der Waals surface area (Å²) < 4.78 is 2.26. The van der Waals surface area contributed by atoms with Crippen molar-refractivity contribution >= 4 is 21.8 Å². The van der Waals surface area contributed by atoms with Crippen molar-refractivity contribution in [3.63, 3.8) is 0 Å². The Hall–Kier alpha value is -1.83. The third-order valence-electron chi connectivity index (χ3n) is 4.31. The van der Waals surface area contributed by atoms with Crippen LogP contribution in [0.25, 0.3) is 21.8 Å². The van der Waals surface area contributed by atoms with Crippen molar-refractivity contribution in [2.24, 2.45) is 0 Å². The van der Waals surface area contributed by atoms with E-state index in [-0.39, 0.29) is 0 Å². The maximum absolute atomic E-state index is 4.53. The van der Waals surface area contributed by atoms with E-state index in [2.05, 4.69) is 67.6 Å². The third kappa shape index (κ3) is 2.00. The van der Waals surface area contributed by atoms with Gasteiger partial charge in [0.2, 0.25) is 0 Å². The van der Waals surface area contributed by atoms with Crippen LogP contribution >= 0.6 is 0 Å². The number of benzene rings is 2. The number of imidazole rings is 1. The van der Waals surface area contributed by atoms with E-state index in [1.165, 1.54) is 28.3 Å². The van der Waals surface area contributed by atoms with Crippen molar-refractivity contribution in [2.75, 3.05) is 0 Å². The van der Waals surface area contributed by atoms with Crippen LogP contribution in [0.3, 0.4) is 0 Å². The number of fused-ring (bicyclic) bond motifs is 3. The minimum absolute atomic E-state index is 0.430. The van der Waals surface area contributed by atoms with Gasteiger partial charge < -0.3 is 4.57 Å². The third-order valence-corrected chi connectivity index (χ3v) is 4.31. The predicted octanol–water partition coefficient (Wildman–Crippen LogP) is 5.28. The Morgan fingerprint density at radius 2 is 1.90 bits per heavy atom. The van der Waals surface area contributed by atoms with Crippen molar-refractivity contribution in [2.45, 2.75) is 46.1 Å². The van der Waals surface area contributed by atoms with E-state index >= 15 is 0 Å². The summed E-state index contributed by atoms with van der Waals surface area (Å²) in [6.07, 6.45) is 3.13. The molecule has 1 aromatic heterocycles. The lowest BCUT2D eigenvalue weighted by molar-refractivity contribution is 0.619. The van der Waals surface area contributed by atoms with Crippen molar-refractivity contribution < 1.29 is 0 Å².